The topological polar surface area (TPSA) is 101 Å². The summed E-state index contributed by atoms with van der Waals surface area (Å²) in [6, 6.07) is 2.77. The molecule has 0 unspecified atom stereocenters. The predicted molar refractivity (Wildman–Crippen MR) is 93.2 cm³/mol. The van der Waals surface area contributed by atoms with Crippen LogP contribution in [-0.2, 0) is 11.8 Å². The summed E-state index contributed by atoms with van der Waals surface area (Å²) in [5.74, 6) is -2.14. The van der Waals surface area contributed by atoms with Crippen LogP contribution in [0, 0.1) is 11.6 Å². The number of anilines is 1. The van der Waals surface area contributed by atoms with Crippen molar-refractivity contribution in [2.45, 2.75) is 18.8 Å². The van der Waals surface area contributed by atoms with E-state index < -0.39 is 23.4 Å². The monoisotopic (exact) mass is 378 g/mol. The molecule has 3 N–H and O–H groups in total. The summed E-state index contributed by atoms with van der Waals surface area (Å²) in [6.07, 6.45) is 1.86. The summed E-state index contributed by atoms with van der Waals surface area (Å²) in [7, 11) is 1.67. The number of carbonyl (C=O) groups excluding carboxylic acids is 2. The molecule has 1 aliphatic heterocycles. The first-order valence-electron chi connectivity index (χ1n) is 8.59. The number of nitrogens with zero attached hydrogens (tertiary/aromatic N) is 3. The summed E-state index contributed by atoms with van der Waals surface area (Å²) >= 11 is 0. The summed E-state index contributed by atoms with van der Waals surface area (Å²) in [6.45, 7) is 1.47. The minimum Gasteiger partial charge on any atom is -0.343 e. The molecule has 0 aliphatic carbocycles. The standard InChI is InChI=1S/C17H20F2N6O2/c1-25-17(23-15(24-25)10-4-6-20-7-5-10)22-14(26)9-21-16(27)11-2-3-12(18)13(19)8-11/h2-3,8,10,20H,4-7,9H2,1H3,(H,21,27)(H,22,23,24,26). The van der Waals surface area contributed by atoms with Crippen LogP contribution in [0.2, 0.25) is 0 Å². The van der Waals surface area contributed by atoms with Gasteiger partial charge in [0.1, 0.15) is 0 Å². The largest absolute Gasteiger partial charge is 0.343 e. The van der Waals surface area contributed by atoms with Crippen molar-refractivity contribution in [1.29, 1.82) is 0 Å². The maximum absolute atomic E-state index is 13.2. The lowest BCUT2D eigenvalue weighted by Crippen LogP contribution is -2.33. The van der Waals surface area contributed by atoms with Gasteiger partial charge < -0.3 is 10.6 Å². The van der Waals surface area contributed by atoms with E-state index in [0.29, 0.717) is 5.82 Å². The number of hydrogen-bond donors (Lipinski definition) is 3. The van der Waals surface area contributed by atoms with E-state index in [9.17, 15) is 18.4 Å². The lowest BCUT2D eigenvalue weighted by molar-refractivity contribution is -0.115. The van der Waals surface area contributed by atoms with Gasteiger partial charge in [-0.2, -0.15) is 10.1 Å². The molecule has 0 radical (unpaired) electrons. The highest BCUT2D eigenvalue weighted by Gasteiger charge is 2.21. The molecule has 0 bridgehead atoms. The maximum atomic E-state index is 13.2. The van der Waals surface area contributed by atoms with Crippen molar-refractivity contribution >= 4 is 17.8 Å². The molecule has 8 nitrogen and oxygen atoms in total. The van der Waals surface area contributed by atoms with E-state index in [1.807, 2.05) is 0 Å². The number of amides is 2. The van der Waals surface area contributed by atoms with Crippen molar-refractivity contribution < 1.29 is 18.4 Å². The summed E-state index contributed by atoms with van der Waals surface area (Å²) in [5, 5.41) is 12.5. The number of carbonyl (C=O) groups is 2. The van der Waals surface area contributed by atoms with Gasteiger partial charge in [-0.1, -0.05) is 0 Å². The second-order valence-corrected chi connectivity index (χ2v) is 6.30. The van der Waals surface area contributed by atoms with Gasteiger partial charge in [0, 0.05) is 18.5 Å². The van der Waals surface area contributed by atoms with Gasteiger partial charge in [0.05, 0.1) is 6.54 Å². The van der Waals surface area contributed by atoms with Crippen molar-refractivity contribution in [3.63, 3.8) is 0 Å². The first-order valence-corrected chi connectivity index (χ1v) is 8.59. The van der Waals surface area contributed by atoms with E-state index in [-0.39, 0.29) is 24.0 Å². The van der Waals surface area contributed by atoms with Gasteiger partial charge in [0.25, 0.3) is 5.91 Å². The Bertz CT molecular complexity index is 848. The second-order valence-electron chi connectivity index (χ2n) is 6.30. The SMILES string of the molecule is Cn1nc(C2CCNCC2)nc1NC(=O)CNC(=O)c1ccc(F)c(F)c1. The molecule has 2 heterocycles. The fourth-order valence-electron chi connectivity index (χ4n) is 2.84. The zero-order valence-corrected chi connectivity index (χ0v) is 14.8. The fourth-order valence-corrected chi connectivity index (χ4v) is 2.84. The molecule has 1 aromatic carbocycles. The van der Waals surface area contributed by atoms with E-state index in [2.05, 4.69) is 26.0 Å². The number of piperidine rings is 1. The number of aryl methyl sites for hydroxylation is 1. The van der Waals surface area contributed by atoms with Crippen molar-refractivity contribution in [2.24, 2.45) is 7.05 Å². The Labute approximate surface area is 154 Å². The van der Waals surface area contributed by atoms with E-state index in [4.69, 9.17) is 0 Å². The number of rotatable bonds is 5. The van der Waals surface area contributed by atoms with Crippen LogP contribution in [0.5, 0.6) is 0 Å². The molecular formula is C17H20F2N6O2. The number of nitrogens with one attached hydrogen (secondary N) is 3. The number of hydrogen-bond acceptors (Lipinski definition) is 5. The minimum atomic E-state index is -1.13. The highest BCUT2D eigenvalue weighted by atomic mass is 19.2. The van der Waals surface area contributed by atoms with Gasteiger partial charge in [-0.3, -0.25) is 14.9 Å². The summed E-state index contributed by atoms with van der Waals surface area (Å²) < 4.78 is 27.6. The fraction of sp³-hybridized carbons (Fsp3) is 0.412. The Kier molecular flexibility index (Phi) is 5.75. The lowest BCUT2D eigenvalue weighted by Gasteiger charge is -2.19. The maximum Gasteiger partial charge on any atom is 0.251 e. The van der Waals surface area contributed by atoms with Crippen LogP contribution in [0.15, 0.2) is 18.2 Å². The van der Waals surface area contributed by atoms with Crippen LogP contribution in [0.1, 0.15) is 34.9 Å². The second kappa shape index (κ2) is 8.21. The number of aromatic nitrogens is 3. The highest BCUT2D eigenvalue weighted by Crippen LogP contribution is 2.23. The normalized spacial score (nSPS) is 14.8. The van der Waals surface area contributed by atoms with Crippen LogP contribution in [0.4, 0.5) is 14.7 Å². The molecule has 2 aromatic rings. The van der Waals surface area contributed by atoms with Crippen molar-refractivity contribution in [3.05, 3.63) is 41.2 Å². The predicted octanol–water partition coefficient (Wildman–Crippen LogP) is 0.929. The Hall–Kier alpha value is -2.88. The van der Waals surface area contributed by atoms with E-state index in [0.717, 1.165) is 44.1 Å². The van der Waals surface area contributed by atoms with Crippen LogP contribution in [0.25, 0.3) is 0 Å². The third kappa shape index (κ3) is 4.64. The van der Waals surface area contributed by atoms with Crippen LogP contribution >= 0.6 is 0 Å². The molecular weight excluding hydrogens is 358 g/mol. The van der Waals surface area contributed by atoms with Gasteiger partial charge in [-0.05, 0) is 44.1 Å². The molecule has 10 heteroatoms. The summed E-state index contributed by atoms with van der Waals surface area (Å²) in [4.78, 5) is 28.3. The highest BCUT2D eigenvalue weighted by molar-refractivity contribution is 5.98. The van der Waals surface area contributed by atoms with Crippen LogP contribution < -0.4 is 16.0 Å². The Morgan fingerprint density at radius 3 is 2.70 bits per heavy atom. The Balaban J connectivity index is 1.55. The molecule has 27 heavy (non-hydrogen) atoms. The molecule has 0 atom stereocenters. The van der Waals surface area contributed by atoms with Gasteiger partial charge >= 0.3 is 0 Å². The van der Waals surface area contributed by atoms with Crippen molar-refractivity contribution in [3.8, 4) is 0 Å². The van der Waals surface area contributed by atoms with Crippen LogP contribution in [0.3, 0.4) is 0 Å². The molecule has 3 rings (SSSR count). The van der Waals surface area contributed by atoms with E-state index >= 15 is 0 Å². The number of halogens is 2. The van der Waals surface area contributed by atoms with E-state index in [1.165, 1.54) is 4.68 Å². The minimum absolute atomic E-state index is 0.0754. The van der Waals surface area contributed by atoms with Crippen molar-refractivity contribution in [1.82, 2.24) is 25.4 Å². The van der Waals surface area contributed by atoms with Crippen molar-refractivity contribution in [2.75, 3.05) is 25.0 Å². The Morgan fingerprint density at radius 2 is 2.00 bits per heavy atom. The van der Waals surface area contributed by atoms with Crippen LogP contribution in [-0.4, -0.2) is 46.2 Å². The van der Waals surface area contributed by atoms with Gasteiger partial charge in [0.15, 0.2) is 17.5 Å². The molecule has 0 spiro atoms. The van der Waals surface area contributed by atoms with Gasteiger partial charge in [-0.15, -0.1) is 0 Å². The first kappa shape index (κ1) is 18.9. The molecule has 1 aliphatic rings. The third-order valence-electron chi connectivity index (χ3n) is 4.33. The molecule has 1 saturated heterocycles. The van der Waals surface area contributed by atoms with E-state index in [1.54, 1.807) is 7.05 Å². The molecule has 1 fully saturated rings. The number of benzene rings is 1. The first-order chi connectivity index (χ1) is 12.9. The average Bonchev–Trinajstić information content (AvgIpc) is 3.03. The third-order valence-corrected chi connectivity index (χ3v) is 4.33. The zero-order chi connectivity index (χ0) is 19.4. The quantitative estimate of drug-likeness (QED) is 0.719. The van der Waals surface area contributed by atoms with Gasteiger partial charge in [0.2, 0.25) is 11.9 Å². The van der Waals surface area contributed by atoms with Gasteiger partial charge in [-0.25, -0.2) is 13.5 Å². The zero-order valence-electron chi connectivity index (χ0n) is 14.8. The average molecular weight is 378 g/mol. The summed E-state index contributed by atoms with van der Waals surface area (Å²) in [5.41, 5.74) is -0.0754. The smallest absolute Gasteiger partial charge is 0.251 e. The molecule has 1 aromatic heterocycles. The Morgan fingerprint density at radius 1 is 1.26 bits per heavy atom. The molecule has 144 valence electrons. The molecule has 2 amide bonds. The lowest BCUT2D eigenvalue weighted by atomic mass is 9.98. The molecule has 0 saturated carbocycles.